The Balaban J connectivity index is 2.04. The summed E-state index contributed by atoms with van der Waals surface area (Å²) in [5.74, 6) is -0.0895. The third-order valence-corrected chi connectivity index (χ3v) is 3.30. The maximum Gasteiger partial charge on any atom is 0.194 e. The summed E-state index contributed by atoms with van der Waals surface area (Å²) in [6.07, 6.45) is 2.46. The number of rotatable bonds is 4. The molecule has 0 aliphatic heterocycles. The molecule has 0 atom stereocenters. The van der Waals surface area contributed by atoms with Crippen LogP contribution in [-0.4, -0.2) is 16.6 Å². The maximum atomic E-state index is 12.4. The zero-order valence-corrected chi connectivity index (χ0v) is 11.3. The normalized spacial score (nSPS) is 10.3. The molecule has 3 rings (SSSR count). The first kappa shape index (κ1) is 13.1. The van der Waals surface area contributed by atoms with Crippen molar-refractivity contribution in [3.63, 3.8) is 0 Å². The monoisotopic (exact) mass is 275 g/mol. The Morgan fingerprint density at radius 2 is 1.48 bits per heavy atom. The molecule has 0 spiro atoms. The van der Waals surface area contributed by atoms with Crippen LogP contribution in [0.1, 0.15) is 26.4 Å². The van der Waals surface area contributed by atoms with Crippen molar-refractivity contribution in [2.75, 3.05) is 0 Å². The van der Waals surface area contributed by atoms with Gasteiger partial charge in [-0.25, -0.2) is 0 Å². The van der Waals surface area contributed by atoms with Crippen molar-refractivity contribution in [3.8, 4) is 5.69 Å². The van der Waals surface area contributed by atoms with E-state index in [0.29, 0.717) is 16.8 Å². The number of carbonyl (C=O) groups is 2. The number of aldehydes is 1. The third kappa shape index (κ3) is 2.54. The van der Waals surface area contributed by atoms with E-state index in [0.717, 1.165) is 12.0 Å². The highest BCUT2D eigenvalue weighted by atomic mass is 16.1. The Morgan fingerprint density at radius 3 is 2.10 bits per heavy atom. The molecule has 0 bridgehead atoms. The fourth-order valence-electron chi connectivity index (χ4n) is 2.26. The molecule has 0 N–H and O–H groups in total. The smallest absolute Gasteiger partial charge is 0.194 e. The van der Waals surface area contributed by atoms with E-state index in [4.69, 9.17) is 0 Å². The van der Waals surface area contributed by atoms with Crippen molar-refractivity contribution in [1.29, 1.82) is 0 Å². The molecule has 0 unspecified atom stereocenters. The minimum Gasteiger partial charge on any atom is -0.313 e. The van der Waals surface area contributed by atoms with Gasteiger partial charge in [-0.05, 0) is 18.2 Å². The first-order valence-corrected chi connectivity index (χ1v) is 6.62. The average molecular weight is 275 g/mol. The van der Waals surface area contributed by atoms with Gasteiger partial charge in [0.15, 0.2) is 12.1 Å². The standard InChI is InChI=1S/C18H13NO2/c20-13-17-11-15(18(21)14-7-3-1-4-8-14)12-19(17)16-9-5-2-6-10-16/h1-13H. The molecule has 102 valence electrons. The summed E-state index contributed by atoms with van der Waals surface area (Å²) in [4.78, 5) is 23.7. The van der Waals surface area contributed by atoms with Gasteiger partial charge in [0, 0.05) is 23.0 Å². The van der Waals surface area contributed by atoms with E-state index in [2.05, 4.69) is 0 Å². The van der Waals surface area contributed by atoms with Crippen LogP contribution in [0.4, 0.5) is 0 Å². The highest BCUT2D eigenvalue weighted by molar-refractivity contribution is 6.09. The third-order valence-electron chi connectivity index (χ3n) is 3.30. The number of aromatic nitrogens is 1. The maximum absolute atomic E-state index is 12.4. The van der Waals surface area contributed by atoms with Crippen molar-refractivity contribution < 1.29 is 9.59 Å². The first-order valence-electron chi connectivity index (χ1n) is 6.62. The first-order chi connectivity index (χ1) is 10.3. The van der Waals surface area contributed by atoms with E-state index >= 15 is 0 Å². The molecule has 0 saturated carbocycles. The van der Waals surface area contributed by atoms with Gasteiger partial charge in [-0.15, -0.1) is 0 Å². The number of carbonyl (C=O) groups excluding carboxylic acids is 2. The fraction of sp³-hybridized carbons (Fsp3) is 0. The summed E-state index contributed by atoms with van der Waals surface area (Å²) in [7, 11) is 0. The van der Waals surface area contributed by atoms with Crippen LogP contribution in [0.5, 0.6) is 0 Å². The van der Waals surface area contributed by atoms with Crippen LogP contribution in [-0.2, 0) is 0 Å². The largest absolute Gasteiger partial charge is 0.313 e. The van der Waals surface area contributed by atoms with Gasteiger partial charge < -0.3 is 4.57 Å². The number of para-hydroxylation sites is 1. The summed E-state index contributed by atoms with van der Waals surface area (Å²) in [5.41, 5.74) is 2.43. The molecule has 1 heterocycles. The van der Waals surface area contributed by atoms with E-state index in [9.17, 15) is 9.59 Å². The molecule has 0 aliphatic carbocycles. The summed E-state index contributed by atoms with van der Waals surface area (Å²) in [5, 5.41) is 0. The Labute approximate surface area is 122 Å². The summed E-state index contributed by atoms with van der Waals surface area (Å²) in [6.45, 7) is 0. The van der Waals surface area contributed by atoms with Crippen molar-refractivity contribution in [2.45, 2.75) is 0 Å². The molecule has 0 radical (unpaired) electrons. The molecule has 0 saturated heterocycles. The Hall–Kier alpha value is -2.94. The van der Waals surface area contributed by atoms with Gasteiger partial charge in [0.2, 0.25) is 0 Å². The topological polar surface area (TPSA) is 39.1 Å². The SMILES string of the molecule is O=Cc1cc(C(=O)c2ccccc2)cn1-c1ccccc1. The Bertz CT molecular complexity index is 773. The lowest BCUT2D eigenvalue weighted by Gasteiger charge is -2.04. The predicted molar refractivity (Wildman–Crippen MR) is 81.0 cm³/mol. The van der Waals surface area contributed by atoms with Crippen LogP contribution in [0.15, 0.2) is 72.9 Å². The van der Waals surface area contributed by atoms with Crippen molar-refractivity contribution in [2.24, 2.45) is 0 Å². The number of hydrogen-bond acceptors (Lipinski definition) is 2. The van der Waals surface area contributed by atoms with Gasteiger partial charge in [0.1, 0.15) is 0 Å². The molecule has 1 aromatic heterocycles. The van der Waals surface area contributed by atoms with Crippen LogP contribution in [0.25, 0.3) is 5.69 Å². The van der Waals surface area contributed by atoms with Crippen molar-refractivity contribution in [3.05, 3.63) is 89.7 Å². The van der Waals surface area contributed by atoms with Gasteiger partial charge in [-0.1, -0.05) is 48.5 Å². The fourth-order valence-corrected chi connectivity index (χ4v) is 2.26. The second kappa shape index (κ2) is 5.59. The summed E-state index contributed by atoms with van der Waals surface area (Å²) >= 11 is 0. The summed E-state index contributed by atoms with van der Waals surface area (Å²) < 4.78 is 1.73. The highest BCUT2D eigenvalue weighted by Gasteiger charge is 2.14. The van der Waals surface area contributed by atoms with E-state index in [1.807, 2.05) is 48.5 Å². The van der Waals surface area contributed by atoms with E-state index in [1.54, 1.807) is 29.0 Å². The number of benzene rings is 2. The van der Waals surface area contributed by atoms with Crippen molar-refractivity contribution in [1.82, 2.24) is 4.57 Å². The number of ketones is 1. The molecule has 3 aromatic rings. The predicted octanol–water partition coefficient (Wildman–Crippen LogP) is 3.52. The molecular formula is C18H13NO2. The van der Waals surface area contributed by atoms with Crippen LogP contribution in [0, 0.1) is 0 Å². The van der Waals surface area contributed by atoms with Gasteiger partial charge in [-0.2, -0.15) is 0 Å². The second-order valence-electron chi connectivity index (χ2n) is 4.67. The highest BCUT2D eigenvalue weighted by Crippen LogP contribution is 2.17. The molecule has 0 amide bonds. The molecule has 3 nitrogen and oxygen atoms in total. The van der Waals surface area contributed by atoms with Gasteiger partial charge in [-0.3, -0.25) is 9.59 Å². The van der Waals surface area contributed by atoms with E-state index < -0.39 is 0 Å². The van der Waals surface area contributed by atoms with Crippen LogP contribution < -0.4 is 0 Å². The molecule has 3 heteroatoms. The lowest BCUT2D eigenvalue weighted by molar-refractivity contribution is 0.103. The van der Waals surface area contributed by atoms with Gasteiger partial charge >= 0.3 is 0 Å². The van der Waals surface area contributed by atoms with Crippen LogP contribution in [0.3, 0.4) is 0 Å². The lowest BCUT2D eigenvalue weighted by atomic mass is 10.1. The van der Waals surface area contributed by atoms with E-state index in [1.165, 1.54) is 0 Å². The Kier molecular flexibility index (Phi) is 3.48. The molecular weight excluding hydrogens is 262 g/mol. The molecule has 0 aliphatic rings. The zero-order valence-electron chi connectivity index (χ0n) is 11.3. The summed E-state index contributed by atoms with van der Waals surface area (Å²) in [6, 6.07) is 20.1. The van der Waals surface area contributed by atoms with Crippen LogP contribution in [0.2, 0.25) is 0 Å². The molecule has 21 heavy (non-hydrogen) atoms. The molecule has 0 fully saturated rings. The molecule has 2 aromatic carbocycles. The van der Waals surface area contributed by atoms with Gasteiger partial charge in [0.25, 0.3) is 0 Å². The van der Waals surface area contributed by atoms with Crippen molar-refractivity contribution >= 4 is 12.1 Å². The minimum absolute atomic E-state index is 0.0895. The quantitative estimate of drug-likeness (QED) is 0.540. The number of hydrogen-bond donors (Lipinski definition) is 0. The van der Waals surface area contributed by atoms with Gasteiger partial charge in [0.05, 0.1) is 5.69 Å². The van der Waals surface area contributed by atoms with Crippen LogP contribution >= 0.6 is 0 Å². The second-order valence-corrected chi connectivity index (χ2v) is 4.67. The minimum atomic E-state index is -0.0895. The average Bonchev–Trinajstić information content (AvgIpc) is 3.00. The zero-order chi connectivity index (χ0) is 14.7. The van der Waals surface area contributed by atoms with E-state index in [-0.39, 0.29) is 5.78 Å². The Morgan fingerprint density at radius 1 is 0.857 bits per heavy atom. The number of nitrogens with zero attached hydrogens (tertiary/aromatic N) is 1. The lowest BCUT2D eigenvalue weighted by Crippen LogP contribution is -1.99.